The summed E-state index contributed by atoms with van der Waals surface area (Å²) in [7, 11) is -3.37. The van der Waals surface area contributed by atoms with E-state index >= 15 is 0 Å². The minimum Gasteiger partial charge on any atom is -0.490 e. The molecule has 162 valence electrons. The Morgan fingerprint density at radius 3 is 2.43 bits per heavy atom. The molecule has 4 rings (SSSR count). The maximum absolute atomic E-state index is 14.6. The molecule has 0 bridgehead atoms. The molecule has 0 spiro atoms. The molecule has 0 N–H and O–H groups in total. The summed E-state index contributed by atoms with van der Waals surface area (Å²) in [5, 5.41) is 0. The number of fused-ring (bicyclic) bond motifs is 1. The summed E-state index contributed by atoms with van der Waals surface area (Å²) in [5.74, 6) is 0.223. The summed E-state index contributed by atoms with van der Waals surface area (Å²) >= 11 is 0. The van der Waals surface area contributed by atoms with Gasteiger partial charge in [-0.05, 0) is 88.0 Å². The molecular formula is C23H28FNO4S. The molecule has 0 unspecified atom stereocenters. The number of piperidine rings is 1. The van der Waals surface area contributed by atoms with Crippen molar-refractivity contribution in [3.8, 4) is 22.6 Å². The van der Waals surface area contributed by atoms with Crippen LogP contribution in [0.4, 0.5) is 4.39 Å². The molecule has 0 aromatic heterocycles. The van der Waals surface area contributed by atoms with Crippen molar-refractivity contribution in [1.29, 1.82) is 0 Å². The van der Waals surface area contributed by atoms with Crippen molar-refractivity contribution in [2.75, 3.05) is 25.6 Å². The molecule has 2 aliphatic heterocycles. The molecule has 2 heterocycles. The molecule has 5 nitrogen and oxygen atoms in total. The van der Waals surface area contributed by atoms with Gasteiger partial charge in [0.05, 0.1) is 6.61 Å². The minimum absolute atomic E-state index is 0.181. The maximum atomic E-state index is 14.6. The number of sulfone groups is 1. The molecule has 0 radical (unpaired) electrons. The molecule has 0 saturated carbocycles. The van der Waals surface area contributed by atoms with Crippen molar-refractivity contribution in [3.63, 3.8) is 0 Å². The minimum atomic E-state index is -3.37. The summed E-state index contributed by atoms with van der Waals surface area (Å²) in [6, 6.07) is 9.66. The summed E-state index contributed by atoms with van der Waals surface area (Å²) in [5.41, 5.74) is 1.53. The van der Waals surface area contributed by atoms with E-state index in [9.17, 15) is 12.8 Å². The van der Waals surface area contributed by atoms with Gasteiger partial charge < -0.3 is 9.47 Å². The van der Waals surface area contributed by atoms with Crippen molar-refractivity contribution < 1.29 is 22.3 Å². The quantitative estimate of drug-likeness (QED) is 0.710. The average Bonchev–Trinajstić information content (AvgIpc) is 3.01. The van der Waals surface area contributed by atoms with Crippen LogP contribution < -0.4 is 9.47 Å². The SMILES string of the molecule is CC(C)(C)N1CCC(COc2ccc(-c3ccc4c(c3)OCS4(=O)=O)cc2F)CC1. The maximum Gasteiger partial charge on any atom is 0.216 e. The lowest BCUT2D eigenvalue weighted by molar-refractivity contribution is 0.0714. The number of likely N-dealkylation sites (tertiary alicyclic amines) is 1. The zero-order valence-corrected chi connectivity index (χ0v) is 18.5. The second-order valence-corrected chi connectivity index (χ2v) is 11.0. The van der Waals surface area contributed by atoms with Crippen molar-refractivity contribution in [2.45, 2.75) is 44.0 Å². The normalized spacial score (nSPS) is 19.3. The second kappa shape index (κ2) is 7.85. The Bertz CT molecular complexity index is 1040. The first-order valence-electron chi connectivity index (χ1n) is 10.3. The molecule has 2 aromatic rings. The highest BCUT2D eigenvalue weighted by Crippen LogP contribution is 2.36. The van der Waals surface area contributed by atoms with E-state index in [0.29, 0.717) is 29.4 Å². The van der Waals surface area contributed by atoms with E-state index in [2.05, 4.69) is 25.7 Å². The van der Waals surface area contributed by atoms with Gasteiger partial charge in [-0.2, -0.15) is 0 Å². The topological polar surface area (TPSA) is 55.8 Å². The van der Waals surface area contributed by atoms with Crippen molar-refractivity contribution in [1.82, 2.24) is 4.90 Å². The summed E-state index contributed by atoms with van der Waals surface area (Å²) in [6.07, 6.45) is 2.10. The van der Waals surface area contributed by atoms with Crippen molar-refractivity contribution in [2.24, 2.45) is 5.92 Å². The number of hydrogen-bond donors (Lipinski definition) is 0. The zero-order valence-electron chi connectivity index (χ0n) is 17.7. The Hall–Kier alpha value is -2.12. The van der Waals surface area contributed by atoms with Crippen LogP contribution >= 0.6 is 0 Å². The lowest BCUT2D eigenvalue weighted by Crippen LogP contribution is -2.46. The molecule has 0 amide bonds. The van der Waals surface area contributed by atoms with Gasteiger partial charge in [0, 0.05) is 5.54 Å². The number of halogens is 1. The Balaban J connectivity index is 1.40. The van der Waals surface area contributed by atoms with Gasteiger partial charge in [0.25, 0.3) is 0 Å². The Kier molecular flexibility index (Phi) is 5.53. The van der Waals surface area contributed by atoms with E-state index in [4.69, 9.17) is 9.47 Å². The van der Waals surface area contributed by atoms with E-state index in [1.54, 1.807) is 24.3 Å². The highest BCUT2D eigenvalue weighted by molar-refractivity contribution is 7.91. The van der Waals surface area contributed by atoms with Crippen LogP contribution in [0.3, 0.4) is 0 Å². The lowest BCUT2D eigenvalue weighted by Gasteiger charge is -2.40. The van der Waals surface area contributed by atoms with E-state index in [1.165, 1.54) is 12.1 Å². The average molecular weight is 434 g/mol. The van der Waals surface area contributed by atoms with Crippen LogP contribution in [0.2, 0.25) is 0 Å². The van der Waals surface area contributed by atoms with Crippen molar-refractivity contribution >= 4 is 9.84 Å². The summed E-state index contributed by atoms with van der Waals surface area (Å²) in [4.78, 5) is 2.66. The first-order valence-corrected chi connectivity index (χ1v) is 12.0. The van der Waals surface area contributed by atoms with E-state index in [-0.39, 0.29) is 22.1 Å². The Morgan fingerprint density at radius 1 is 1.10 bits per heavy atom. The molecule has 0 atom stereocenters. The molecule has 1 fully saturated rings. The van der Waals surface area contributed by atoms with Gasteiger partial charge in [0.2, 0.25) is 9.84 Å². The van der Waals surface area contributed by atoms with Crippen LogP contribution in [-0.4, -0.2) is 44.5 Å². The Labute approximate surface area is 177 Å². The van der Waals surface area contributed by atoms with Crippen LogP contribution in [0.5, 0.6) is 11.5 Å². The number of benzene rings is 2. The van der Waals surface area contributed by atoms with Crippen molar-refractivity contribution in [3.05, 3.63) is 42.2 Å². The van der Waals surface area contributed by atoms with Gasteiger partial charge in [0.1, 0.15) is 10.6 Å². The number of hydrogen-bond acceptors (Lipinski definition) is 5. The van der Waals surface area contributed by atoms with Crippen LogP contribution in [-0.2, 0) is 9.84 Å². The third kappa shape index (κ3) is 4.32. The van der Waals surface area contributed by atoms with Gasteiger partial charge in [-0.25, -0.2) is 12.8 Å². The first kappa shape index (κ1) is 21.1. The van der Waals surface area contributed by atoms with E-state index in [1.807, 2.05) is 0 Å². The Morgan fingerprint density at radius 2 is 1.77 bits per heavy atom. The predicted octanol–water partition coefficient (Wildman–Crippen LogP) is 4.51. The van der Waals surface area contributed by atoms with Crippen LogP contribution in [0.1, 0.15) is 33.6 Å². The van der Waals surface area contributed by atoms with Gasteiger partial charge in [-0.3, -0.25) is 4.90 Å². The van der Waals surface area contributed by atoms with Crippen LogP contribution in [0, 0.1) is 11.7 Å². The fourth-order valence-corrected chi connectivity index (χ4v) is 5.15. The fourth-order valence-electron chi connectivity index (χ4n) is 4.04. The molecule has 1 saturated heterocycles. The van der Waals surface area contributed by atoms with Crippen LogP contribution in [0.15, 0.2) is 41.3 Å². The smallest absolute Gasteiger partial charge is 0.216 e. The third-order valence-electron chi connectivity index (χ3n) is 5.95. The van der Waals surface area contributed by atoms with Crippen LogP contribution in [0.25, 0.3) is 11.1 Å². The summed E-state index contributed by atoms with van der Waals surface area (Å²) in [6.45, 7) is 9.27. The molecular weight excluding hydrogens is 405 g/mol. The fraction of sp³-hybridized carbons (Fsp3) is 0.478. The molecule has 7 heteroatoms. The second-order valence-electron chi connectivity index (χ2n) is 9.10. The van der Waals surface area contributed by atoms with Gasteiger partial charge >= 0.3 is 0 Å². The molecule has 0 aliphatic carbocycles. The molecule has 2 aliphatic rings. The predicted molar refractivity (Wildman–Crippen MR) is 114 cm³/mol. The highest BCUT2D eigenvalue weighted by atomic mass is 32.2. The van der Waals surface area contributed by atoms with E-state index in [0.717, 1.165) is 25.9 Å². The largest absolute Gasteiger partial charge is 0.490 e. The standard InChI is InChI=1S/C23H28FNO4S/c1-23(2,3)25-10-8-16(9-11-25)14-28-20-6-4-17(12-19(20)24)18-5-7-22-21(13-18)29-15-30(22,26)27/h4-7,12-13,16H,8-11,14-15H2,1-3H3. The van der Waals surface area contributed by atoms with E-state index < -0.39 is 15.7 Å². The number of nitrogens with zero attached hydrogens (tertiary/aromatic N) is 1. The summed E-state index contributed by atoms with van der Waals surface area (Å²) < 4.78 is 49.4. The van der Waals surface area contributed by atoms with Gasteiger partial charge in [-0.1, -0.05) is 12.1 Å². The third-order valence-corrected chi connectivity index (χ3v) is 7.39. The molecule has 2 aromatic carbocycles. The lowest BCUT2D eigenvalue weighted by atomic mass is 9.93. The van der Waals surface area contributed by atoms with Gasteiger partial charge in [-0.15, -0.1) is 0 Å². The first-order chi connectivity index (χ1) is 14.1. The zero-order chi connectivity index (χ0) is 21.5. The van der Waals surface area contributed by atoms with Gasteiger partial charge in [0.15, 0.2) is 17.5 Å². The highest BCUT2D eigenvalue weighted by Gasteiger charge is 2.29. The number of rotatable bonds is 4. The monoisotopic (exact) mass is 433 g/mol. The number of ether oxygens (including phenoxy) is 2. The molecule has 30 heavy (non-hydrogen) atoms.